The third kappa shape index (κ3) is 1.91. The minimum absolute atomic E-state index is 0.185. The van der Waals surface area contributed by atoms with Crippen LogP contribution < -0.4 is 4.74 Å². The Bertz CT molecular complexity index is 555. The topological polar surface area (TPSA) is 68.9 Å². The molecule has 0 atom stereocenters. The van der Waals surface area contributed by atoms with E-state index in [0.717, 1.165) is 0 Å². The third-order valence-corrected chi connectivity index (χ3v) is 2.33. The minimum Gasteiger partial charge on any atom is -0.504 e. The van der Waals surface area contributed by atoms with Gasteiger partial charge in [-0.3, -0.25) is 0 Å². The second kappa shape index (κ2) is 4.37. The number of esters is 1. The highest BCUT2D eigenvalue weighted by Crippen LogP contribution is 2.34. The molecule has 5 nitrogen and oxygen atoms in total. The number of hydrogen-bond acceptors (Lipinski definition) is 5. The zero-order valence-electron chi connectivity index (χ0n) is 9.52. The van der Waals surface area contributed by atoms with Crippen molar-refractivity contribution in [1.29, 1.82) is 0 Å². The molecular weight excluding hydrogens is 224 g/mol. The molecule has 2 aromatic rings. The van der Waals surface area contributed by atoms with Crippen molar-refractivity contribution in [2.75, 3.05) is 13.7 Å². The molecule has 0 aliphatic carbocycles. The maximum Gasteiger partial charge on any atom is 0.378 e. The standard InChI is InChI=1S/C12H12O5/c1-3-16-12(14)11-10(13)8-5-4-7(15-2)6-9(8)17-11/h4-6,13H,3H2,1-2H3. The lowest BCUT2D eigenvalue weighted by molar-refractivity contribution is 0.0488. The Hall–Kier alpha value is -2.17. The summed E-state index contributed by atoms with van der Waals surface area (Å²) < 4.78 is 15.0. The Morgan fingerprint density at radius 1 is 1.47 bits per heavy atom. The summed E-state index contributed by atoms with van der Waals surface area (Å²) in [6.07, 6.45) is 0. The average molecular weight is 236 g/mol. The number of ether oxygens (including phenoxy) is 2. The smallest absolute Gasteiger partial charge is 0.378 e. The first kappa shape index (κ1) is 11.3. The van der Waals surface area contributed by atoms with Crippen molar-refractivity contribution in [3.8, 4) is 11.5 Å². The van der Waals surface area contributed by atoms with E-state index in [1.54, 1.807) is 25.1 Å². The first-order chi connectivity index (χ1) is 8.17. The van der Waals surface area contributed by atoms with Crippen LogP contribution in [0.2, 0.25) is 0 Å². The maximum atomic E-state index is 11.5. The predicted octanol–water partition coefficient (Wildman–Crippen LogP) is 2.32. The van der Waals surface area contributed by atoms with Gasteiger partial charge in [0.1, 0.15) is 11.3 Å². The fraction of sp³-hybridized carbons (Fsp3) is 0.250. The average Bonchev–Trinajstić information content (AvgIpc) is 2.66. The van der Waals surface area contributed by atoms with Crippen LogP contribution >= 0.6 is 0 Å². The second-order valence-electron chi connectivity index (χ2n) is 3.36. The number of carbonyl (C=O) groups is 1. The fourth-order valence-corrected chi connectivity index (χ4v) is 1.53. The van der Waals surface area contributed by atoms with Gasteiger partial charge in [0.25, 0.3) is 5.76 Å². The largest absolute Gasteiger partial charge is 0.504 e. The summed E-state index contributed by atoms with van der Waals surface area (Å²) in [5, 5.41) is 10.3. The molecule has 0 aliphatic heterocycles. The normalized spacial score (nSPS) is 10.5. The van der Waals surface area contributed by atoms with Crippen molar-refractivity contribution < 1.29 is 23.8 Å². The van der Waals surface area contributed by atoms with Gasteiger partial charge < -0.3 is 19.0 Å². The second-order valence-corrected chi connectivity index (χ2v) is 3.36. The zero-order valence-corrected chi connectivity index (χ0v) is 9.52. The molecule has 0 bridgehead atoms. The van der Waals surface area contributed by atoms with E-state index in [4.69, 9.17) is 13.9 Å². The van der Waals surface area contributed by atoms with Gasteiger partial charge in [0.2, 0.25) is 0 Å². The van der Waals surface area contributed by atoms with E-state index in [1.165, 1.54) is 7.11 Å². The summed E-state index contributed by atoms with van der Waals surface area (Å²) >= 11 is 0. The zero-order chi connectivity index (χ0) is 12.4. The van der Waals surface area contributed by atoms with Gasteiger partial charge in [0.15, 0.2) is 5.75 Å². The van der Waals surface area contributed by atoms with Crippen LogP contribution in [0.15, 0.2) is 22.6 Å². The van der Waals surface area contributed by atoms with E-state index in [9.17, 15) is 9.90 Å². The molecule has 1 N–H and O–H groups in total. The van der Waals surface area contributed by atoms with E-state index in [2.05, 4.69) is 0 Å². The Morgan fingerprint density at radius 2 is 2.24 bits per heavy atom. The van der Waals surface area contributed by atoms with Crippen molar-refractivity contribution >= 4 is 16.9 Å². The van der Waals surface area contributed by atoms with Gasteiger partial charge in [-0.05, 0) is 19.1 Å². The summed E-state index contributed by atoms with van der Waals surface area (Å²) in [7, 11) is 1.52. The van der Waals surface area contributed by atoms with Gasteiger partial charge in [-0.25, -0.2) is 4.79 Å². The van der Waals surface area contributed by atoms with Crippen LogP contribution in [0.4, 0.5) is 0 Å². The number of furan rings is 1. The van der Waals surface area contributed by atoms with Gasteiger partial charge in [0, 0.05) is 6.07 Å². The molecule has 0 amide bonds. The molecule has 90 valence electrons. The number of rotatable bonds is 3. The first-order valence-electron chi connectivity index (χ1n) is 5.14. The van der Waals surface area contributed by atoms with Crippen molar-refractivity contribution in [1.82, 2.24) is 0 Å². The predicted molar refractivity (Wildman–Crippen MR) is 60.4 cm³/mol. The van der Waals surface area contributed by atoms with E-state index in [0.29, 0.717) is 16.7 Å². The van der Waals surface area contributed by atoms with Crippen LogP contribution in [0.3, 0.4) is 0 Å². The molecule has 0 aliphatic rings. The molecule has 0 fully saturated rings. The highest BCUT2D eigenvalue weighted by molar-refractivity contribution is 5.98. The Labute approximate surface area is 97.6 Å². The van der Waals surface area contributed by atoms with Gasteiger partial charge in [-0.1, -0.05) is 0 Å². The minimum atomic E-state index is -0.680. The Kier molecular flexibility index (Phi) is 2.91. The molecule has 2 rings (SSSR count). The van der Waals surface area contributed by atoms with E-state index < -0.39 is 5.97 Å². The monoisotopic (exact) mass is 236 g/mol. The summed E-state index contributed by atoms with van der Waals surface area (Å²) in [6, 6.07) is 4.89. The van der Waals surface area contributed by atoms with Crippen molar-refractivity contribution in [2.45, 2.75) is 6.92 Å². The molecule has 0 spiro atoms. The molecular formula is C12H12O5. The number of hydrogen-bond donors (Lipinski definition) is 1. The molecule has 1 aromatic heterocycles. The molecule has 1 heterocycles. The summed E-state index contributed by atoms with van der Waals surface area (Å²) in [6.45, 7) is 1.90. The lowest BCUT2D eigenvalue weighted by Crippen LogP contribution is -2.02. The first-order valence-corrected chi connectivity index (χ1v) is 5.14. The van der Waals surface area contributed by atoms with Crippen LogP contribution in [0, 0.1) is 0 Å². The number of fused-ring (bicyclic) bond motifs is 1. The molecule has 5 heteroatoms. The van der Waals surface area contributed by atoms with Crippen molar-refractivity contribution in [2.24, 2.45) is 0 Å². The van der Waals surface area contributed by atoms with Crippen molar-refractivity contribution in [3.05, 3.63) is 24.0 Å². The summed E-state index contributed by atoms with van der Waals surface area (Å²) in [4.78, 5) is 11.5. The molecule has 0 saturated heterocycles. The molecule has 0 radical (unpaired) electrons. The summed E-state index contributed by atoms with van der Waals surface area (Å²) in [5.41, 5.74) is 0.380. The third-order valence-electron chi connectivity index (χ3n) is 2.33. The molecule has 1 aromatic carbocycles. The SMILES string of the molecule is CCOC(=O)c1oc2cc(OC)ccc2c1O. The number of carbonyl (C=O) groups excluding carboxylic acids is 1. The summed E-state index contributed by atoms with van der Waals surface area (Å²) in [5.74, 6) is -0.488. The highest BCUT2D eigenvalue weighted by Gasteiger charge is 2.21. The van der Waals surface area contributed by atoms with Gasteiger partial charge in [0.05, 0.1) is 19.1 Å². The Morgan fingerprint density at radius 3 is 2.88 bits per heavy atom. The quantitative estimate of drug-likeness (QED) is 0.828. The molecule has 0 saturated carbocycles. The van der Waals surface area contributed by atoms with Crippen LogP contribution in [0.5, 0.6) is 11.5 Å². The van der Waals surface area contributed by atoms with Gasteiger partial charge in [-0.2, -0.15) is 0 Å². The van der Waals surface area contributed by atoms with Gasteiger partial charge in [-0.15, -0.1) is 0 Å². The maximum absolute atomic E-state index is 11.5. The lowest BCUT2D eigenvalue weighted by Gasteiger charge is -1.97. The van der Waals surface area contributed by atoms with Crippen LogP contribution in [0.1, 0.15) is 17.5 Å². The van der Waals surface area contributed by atoms with Crippen molar-refractivity contribution in [3.63, 3.8) is 0 Å². The Balaban J connectivity index is 2.52. The van der Waals surface area contributed by atoms with E-state index in [1.807, 2.05) is 0 Å². The number of methoxy groups -OCH3 is 1. The lowest BCUT2D eigenvalue weighted by atomic mass is 10.2. The van der Waals surface area contributed by atoms with Crippen LogP contribution in [0.25, 0.3) is 11.0 Å². The fourth-order valence-electron chi connectivity index (χ4n) is 1.53. The van der Waals surface area contributed by atoms with Crippen LogP contribution in [-0.4, -0.2) is 24.8 Å². The molecule has 0 unspecified atom stereocenters. The van der Waals surface area contributed by atoms with E-state index in [-0.39, 0.29) is 18.1 Å². The van der Waals surface area contributed by atoms with E-state index >= 15 is 0 Å². The number of aromatic hydroxyl groups is 1. The van der Waals surface area contributed by atoms with Crippen LogP contribution in [-0.2, 0) is 4.74 Å². The molecule has 17 heavy (non-hydrogen) atoms. The number of benzene rings is 1. The van der Waals surface area contributed by atoms with Gasteiger partial charge >= 0.3 is 5.97 Å². The highest BCUT2D eigenvalue weighted by atomic mass is 16.5.